The Morgan fingerprint density at radius 3 is 2.61 bits per heavy atom. The molecule has 0 radical (unpaired) electrons. The molecule has 1 N–H and O–H groups in total. The Morgan fingerprint density at radius 1 is 0.964 bits per heavy atom. The zero-order valence-corrected chi connectivity index (χ0v) is 31.1. The Morgan fingerprint density at radius 2 is 1.80 bits per heavy atom. The summed E-state index contributed by atoms with van der Waals surface area (Å²) in [6, 6.07) is 10.8. The molecule has 2 fully saturated rings. The number of morpholine rings is 1. The summed E-state index contributed by atoms with van der Waals surface area (Å²) in [4.78, 5) is 40.1. The fourth-order valence-electron chi connectivity index (χ4n) is 8.13. The first-order chi connectivity index (χ1) is 27.1. The first-order valence-corrected chi connectivity index (χ1v) is 18.6. The van der Waals surface area contributed by atoms with E-state index in [9.17, 15) is 9.18 Å². The number of carbonyl (C=O) groups is 1. The number of benzene rings is 2. The molecule has 2 aromatic carbocycles. The van der Waals surface area contributed by atoms with Gasteiger partial charge in [0, 0.05) is 64.1 Å². The number of nitrogens with one attached hydrogen (secondary N) is 1. The largest absolute Gasteiger partial charge is 0.379 e. The van der Waals surface area contributed by atoms with Crippen LogP contribution in [0.5, 0.6) is 0 Å². The van der Waals surface area contributed by atoms with Crippen LogP contribution in [-0.4, -0.2) is 122 Å². The second-order valence-corrected chi connectivity index (χ2v) is 14.6. The third-order valence-corrected chi connectivity index (χ3v) is 10.9. The van der Waals surface area contributed by atoms with Crippen LogP contribution in [0.15, 0.2) is 54.7 Å². The van der Waals surface area contributed by atoms with Crippen molar-refractivity contribution in [1.29, 1.82) is 0 Å². The molecule has 6 aromatic rings. The van der Waals surface area contributed by atoms with Crippen LogP contribution in [0.25, 0.3) is 39.0 Å². The van der Waals surface area contributed by atoms with Crippen LogP contribution < -0.4 is 10.2 Å². The number of methoxy groups -OCH3 is 1. The van der Waals surface area contributed by atoms with Crippen LogP contribution in [0.4, 0.5) is 24.8 Å². The molecule has 9 rings (SSSR count). The molecule has 17 heteroatoms. The molecule has 4 bridgehead atoms. The van der Waals surface area contributed by atoms with Crippen molar-refractivity contribution in [3.8, 4) is 16.9 Å². The number of ether oxygens (including phenoxy) is 2. The average Bonchev–Trinajstić information content (AvgIpc) is 3.89. The monoisotopic (exact) mass is 767 g/mol. The van der Waals surface area contributed by atoms with E-state index >= 15 is 8.78 Å². The number of aromatic nitrogens is 7. The zero-order valence-electron chi connectivity index (χ0n) is 31.1. The van der Waals surface area contributed by atoms with Gasteiger partial charge in [-0.05, 0) is 43.7 Å². The molecule has 3 aliphatic heterocycles. The van der Waals surface area contributed by atoms with Crippen molar-refractivity contribution in [3.05, 3.63) is 83.8 Å². The molecule has 3 atom stereocenters. The van der Waals surface area contributed by atoms with E-state index < -0.39 is 29.6 Å². The van der Waals surface area contributed by atoms with Crippen molar-refractivity contribution in [1.82, 2.24) is 44.1 Å². The number of rotatable bonds is 5. The van der Waals surface area contributed by atoms with Gasteiger partial charge in [-0.2, -0.15) is 5.10 Å². The lowest BCUT2D eigenvalue weighted by molar-refractivity contribution is -0.132. The normalized spacial score (nSPS) is 20.8. The molecule has 0 spiro atoms. The minimum absolute atomic E-state index is 0.0292. The second-order valence-electron chi connectivity index (χ2n) is 14.6. The quantitative estimate of drug-likeness (QED) is 0.269. The van der Waals surface area contributed by atoms with E-state index in [1.54, 1.807) is 25.3 Å². The molecule has 7 heterocycles. The minimum atomic E-state index is -0.794. The maximum Gasteiger partial charge on any atom is 0.245 e. The van der Waals surface area contributed by atoms with Crippen molar-refractivity contribution in [2.45, 2.75) is 44.6 Å². The van der Waals surface area contributed by atoms with Gasteiger partial charge in [0.25, 0.3) is 0 Å². The lowest BCUT2D eigenvalue weighted by Gasteiger charge is -2.31. The number of fused-ring (bicyclic) bond motifs is 6. The number of imidazole rings is 1. The van der Waals surface area contributed by atoms with Gasteiger partial charge in [-0.1, -0.05) is 6.07 Å². The third-order valence-electron chi connectivity index (χ3n) is 10.9. The highest BCUT2D eigenvalue weighted by Crippen LogP contribution is 2.35. The molecule has 0 unspecified atom stereocenters. The predicted molar refractivity (Wildman–Crippen MR) is 202 cm³/mol. The predicted octanol–water partition coefficient (Wildman–Crippen LogP) is 4.33. The van der Waals surface area contributed by atoms with Crippen LogP contribution in [0, 0.1) is 24.4 Å². The van der Waals surface area contributed by atoms with Crippen molar-refractivity contribution in [2.24, 2.45) is 0 Å². The van der Waals surface area contributed by atoms with E-state index in [-0.39, 0.29) is 24.2 Å². The number of hydrogen-bond donors (Lipinski definition) is 1. The highest BCUT2D eigenvalue weighted by molar-refractivity contribution is 5.94. The molecule has 14 nitrogen and oxygen atoms in total. The lowest BCUT2D eigenvalue weighted by atomic mass is 10.1. The van der Waals surface area contributed by atoms with Gasteiger partial charge >= 0.3 is 0 Å². The summed E-state index contributed by atoms with van der Waals surface area (Å²) in [6.45, 7) is 5.69. The summed E-state index contributed by atoms with van der Waals surface area (Å²) < 4.78 is 59.2. The Bertz CT molecular complexity index is 2470. The molecule has 1 amide bonds. The van der Waals surface area contributed by atoms with Gasteiger partial charge < -0.3 is 29.2 Å². The van der Waals surface area contributed by atoms with Crippen molar-refractivity contribution >= 4 is 39.6 Å². The van der Waals surface area contributed by atoms with E-state index in [1.807, 2.05) is 34.6 Å². The van der Waals surface area contributed by atoms with Crippen molar-refractivity contribution < 1.29 is 27.4 Å². The van der Waals surface area contributed by atoms with Gasteiger partial charge in [-0.25, -0.2) is 37.8 Å². The Kier molecular flexibility index (Phi) is 9.29. The SMILES string of the molecule is CO[C@H]1CN(C)C(=O)[C@@H]2C[C@@H](CN2c2nc(CN3CCOCC3)nc3c2cnn3-c2ccc(F)cc2F)Nc2cccc(n2)-c2cc(F)cc3nc(C)n(c23)C1. The maximum atomic E-state index is 15.2. The fourth-order valence-corrected chi connectivity index (χ4v) is 8.13. The minimum Gasteiger partial charge on any atom is -0.379 e. The smallest absolute Gasteiger partial charge is 0.245 e. The van der Waals surface area contributed by atoms with E-state index in [0.29, 0.717) is 103 Å². The first-order valence-electron chi connectivity index (χ1n) is 18.6. The van der Waals surface area contributed by atoms with E-state index in [0.717, 1.165) is 11.6 Å². The Balaban J connectivity index is 1.16. The second kappa shape index (κ2) is 14.5. The maximum absolute atomic E-state index is 15.2. The van der Waals surface area contributed by atoms with Crippen LogP contribution >= 0.6 is 0 Å². The van der Waals surface area contributed by atoms with Crippen LogP contribution in [0.2, 0.25) is 0 Å². The number of pyridine rings is 1. The summed E-state index contributed by atoms with van der Waals surface area (Å²) in [5, 5.41) is 8.57. The van der Waals surface area contributed by atoms with Gasteiger partial charge in [0.2, 0.25) is 5.91 Å². The van der Waals surface area contributed by atoms with Gasteiger partial charge in [-0.15, -0.1) is 0 Å². The zero-order chi connectivity index (χ0) is 38.7. The topological polar surface area (TPSA) is 132 Å². The number of aryl methyl sites for hydroxylation is 1. The van der Waals surface area contributed by atoms with E-state index in [1.165, 1.54) is 28.9 Å². The molecule has 4 aromatic heterocycles. The van der Waals surface area contributed by atoms with Gasteiger partial charge in [0.1, 0.15) is 46.6 Å². The summed E-state index contributed by atoms with van der Waals surface area (Å²) in [5.41, 5.74) is 2.74. The average molecular weight is 768 g/mol. The van der Waals surface area contributed by atoms with Crippen molar-refractivity contribution in [3.63, 3.8) is 0 Å². The number of nitrogens with zero attached hydrogens (tertiary/aromatic N) is 10. The number of carbonyl (C=O) groups excluding carboxylic acids is 1. The number of amides is 1. The molecule has 3 aliphatic rings. The molecule has 56 heavy (non-hydrogen) atoms. The standard InChI is InChI=1S/C39H40F3N11O3/c1-22-44-31-15-24(41)13-27-30-5-4-6-34(46-30)45-25-16-33(39(54)49(2)19-26(55-3)20-51(22)36(27)31)52(18-25)37-28-17-43-53(32-8-7-23(40)14-29(32)42)38(28)48-35(47-37)21-50-9-11-56-12-10-50/h4-8,13-15,17,25-26,33H,9-12,16,18-21H2,1-3H3,(H,45,46)/t25-,26-,33-/m0/s1. The lowest BCUT2D eigenvalue weighted by Crippen LogP contribution is -2.47. The molecular formula is C39H40F3N11O3. The molecule has 290 valence electrons. The van der Waals surface area contributed by atoms with Crippen molar-refractivity contribution in [2.75, 3.05) is 63.8 Å². The fraction of sp³-hybridized carbons (Fsp3) is 0.385. The number of anilines is 2. The first kappa shape index (κ1) is 36.0. The number of halogens is 3. The Hall–Kier alpha value is -5.65. The summed E-state index contributed by atoms with van der Waals surface area (Å²) in [6.07, 6.45) is 1.51. The molecule has 2 saturated heterocycles. The van der Waals surface area contributed by atoms with Gasteiger partial charge in [-0.3, -0.25) is 9.69 Å². The highest BCUT2D eigenvalue weighted by Gasteiger charge is 2.41. The van der Waals surface area contributed by atoms with E-state index in [4.69, 9.17) is 24.4 Å². The van der Waals surface area contributed by atoms with Gasteiger partial charge in [0.05, 0.1) is 60.7 Å². The number of likely N-dealkylation sites (N-methyl/N-ethyl adjacent to an activating group) is 1. The number of hydrogen-bond acceptors (Lipinski definition) is 11. The molecular weight excluding hydrogens is 727 g/mol. The molecule has 0 saturated carbocycles. The van der Waals surface area contributed by atoms with Crippen LogP contribution in [0.1, 0.15) is 18.1 Å². The van der Waals surface area contributed by atoms with Gasteiger partial charge in [0.15, 0.2) is 11.5 Å². The highest BCUT2D eigenvalue weighted by atomic mass is 19.1. The van der Waals surface area contributed by atoms with E-state index in [2.05, 4.69) is 20.3 Å². The van der Waals surface area contributed by atoms with Crippen LogP contribution in [-0.2, 0) is 27.4 Å². The Labute approximate surface area is 319 Å². The summed E-state index contributed by atoms with van der Waals surface area (Å²) >= 11 is 0. The summed E-state index contributed by atoms with van der Waals surface area (Å²) in [7, 11) is 3.36. The summed E-state index contributed by atoms with van der Waals surface area (Å²) in [5.74, 6) is 0.0755. The third kappa shape index (κ3) is 6.58. The van der Waals surface area contributed by atoms with Crippen LogP contribution in [0.3, 0.4) is 0 Å². The molecule has 0 aliphatic carbocycles.